The van der Waals surface area contributed by atoms with Crippen LogP contribution in [0.4, 0.5) is 10.8 Å². The number of amides is 1. The van der Waals surface area contributed by atoms with Crippen molar-refractivity contribution in [2.45, 2.75) is 83.6 Å². The molecule has 4 unspecified atom stereocenters. The Labute approximate surface area is 252 Å². The van der Waals surface area contributed by atoms with Gasteiger partial charge < -0.3 is 20.2 Å². The van der Waals surface area contributed by atoms with Gasteiger partial charge in [-0.1, -0.05) is 18.1 Å². The average molecular weight is 601 g/mol. The monoisotopic (exact) mass is 600 g/mol. The number of aryl methyl sites for hydroxylation is 2. The van der Waals surface area contributed by atoms with Gasteiger partial charge >= 0.3 is 5.97 Å². The molecular formula is C31H41ClN4O4S. The molecule has 1 aliphatic heterocycles. The van der Waals surface area contributed by atoms with Crippen molar-refractivity contribution in [3.05, 3.63) is 40.4 Å². The number of hydrogen-bond donors (Lipinski definition) is 2. The lowest BCUT2D eigenvalue weighted by Gasteiger charge is -2.50. The van der Waals surface area contributed by atoms with Crippen LogP contribution in [0.25, 0.3) is 0 Å². The predicted octanol–water partition coefficient (Wildman–Crippen LogP) is 6.43. The van der Waals surface area contributed by atoms with Crippen molar-refractivity contribution in [2.24, 2.45) is 28.3 Å². The van der Waals surface area contributed by atoms with Crippen molar-refractivity contribution in [1.29, 1.82) is 0 Å². The Bertz CT molecular complexity index is 1330. The third-order valence-electron chi connectivity index (χ3n) is 10.3. The highest BCUT2D eigenvalue weighted by atomic mass is 35.5. The molecule has 1 aromatic heterocycles. The third-order valence-corrected chi connectivity index (χ3v) is 11.1. The molecule has 41 heavy (non-hydrogen) atoms. The minimum absolute atomic E-state index is 0. The number of carbonyl (C=O) groups is 2. The number of carboxylic acid groups (broad SMARTS) is 1. The maximum atomic E-state index is 12.8. The van der Waals surface area contributed by atoms with Crippen LogP contribution in [0, 0.1) is 30.1 Å². The Kier molecular flexibility index (Phi) is 8.67. The van der Waals surface area contributed by atoms with Crippen LogP contribution in [0.2, 0.25) is 0 Å². The van der Waals surface area contributed by atoms with E-state index in [4.69, 9.17) is 4.84 Å². The van der Waals surface area contributed by atoms with Gasteiger partial charge in [0.25, 0.3) is 0 Å². The summed E-state index contributed by atoms with van der Waals surface area (Å²) in [5.74, 6) is 1.17. The molecule has 8 nitrogen and oxygen atoms in total. The van der Waals surface area contributed by atoms with Gasteiger partial charge in [-0.2, -0.15) is 0 Å². The SMILES string of the molecule is CO/N=C1\C[C@@H](CCC(=O)Nc2ncc(C)s2)C2C3CCc4cc(N5CCCC5C(=O)O)ccc4C3CC[C@]12C.Cl. The summed E-state index contributed by atoms with van der Waals surface area (Å²) in [6, 6.07) is 6.30. The molecule has 2 N–H and O–H groups in total. The summed E-state index contributed by atoms with van der Waals surface area (Å²) in [6.45, 7) is 5.18. The summed E-state index contributed by atoms with van der Waals surface area (Å²) < 4.78 is 0. The summed E-state index contributed by atoms with van der Waals surface area (Å²) in [7, 11) is 1.64. The second-order valence-electron chi connectivity index (χ2n) is 12.4. The van der Waals surface area contributed by atoms with Gasteiger partial charge in [-0.05, 0) is 105 Å². The van der Waals surface area contributed by atoms with Gasteiger partial charge in [-0.25, -0.2) is 9.78 Å². The van der Waals surface area contributed by atoms with Crippen LogP contribution in [0.3, 0.4) is 0 Å². The van der Waals surface area contributed by atoms with Crippen molar-refractivity contribution in [1.82, 2.24) is 4.98 Å². The number of fused-ring (bicyclic) bond motifs is 5. The highest BCUT2D eigenvalue weighted by Crippen LogP contribution is 2.62. The first-order valence-corrected chi connectivity index (χ1v) is 15.5. The Balaban J connectivity index is 0.00000337. The van der Waals surface area contributed by atoms with Crippen molar-refractivity contribution < 1.29 is 19.5 Å². The molecule has 0 spiro atoms. The zero-order valence-corrected chi connectivity index (χ0v) is 25.7. The van der Waals surface area contributed by atoms with Gasteiger partial charge in [0.15, 0.2) is 5.13 Å². The van der Waals surface area contributed by atoms with E-state index in [0.717, 1.165) is 67.8 Å². The molecular weight excluding hydrogens is 560 g/mol. The molecule has 1 saturated heterocycles. The van der Waals surface area contributed by atoms with E-state index in [1.54, 1.807) is 13.3 Å². The molecule has 3 fully saturated rings. The van der Waals surface area contributed by atoms with E-state index < -0.39 is 12.0 Å². The molecule has 2 saturated carbocycles. The first-order valence-electron chi connectivity index (χ1n) is 14.7. The summed E-state index contributed by atoms with van der Waals surface area (Å²) in [5.41, 5.74) is 5.04. The van der Waals surface area contributed by atoms with Crippen molar-refractivity contribution in [3.63, 3.8) is 0 Å². The number of thiazole rings is 1. The zero-order chi connectivity index (χ0) is 28.0. The second-order valence-corrected chi connectivity index (χ2v) is 13.6. The molecule has 1 amide bonds. The van der Waals surface area contributed by atoms with Crippen LogP contribution in [0.5, 0.6) is 0 Å². The molecule has 2 aromatic rings. The van der Waals surface area contributed by atoms with Crippen LogP contribution < -0.4 is 10.2 Å². The first-order chi connectivity index (χ1) is 19.3. The topological polar surface area (TPSA) is 104 Å². The number of carboxylic acids is 1. The Hall–Kier alpha value is -2.65. The molecule has 2 heterocycles. The van der Waals surface area contributed by atoms with Crippen LogP contribution in [-0.2, 0) is 20.8 Å². The van der Waals surface area contributed by atoms with E-state index in [1.165, 1.54) is 22.5 Å². The number of hydrogen-bond acceptors (Lipinski definition) is 7. The van der Waals surface area contributed by atoms with E-state index in [0.29, 0.717) is 41.6 Å². The quantitative estimate of drug-likeness (QED) is 0.355. The van der Waals surface area contributed by atoms with E-state index in [-0.39, 0.29) is 23.7 Å². The Morgan fingerprint density at radius 1 is 1.29 bits per heavy atom. The van der Waals surface area contributed by atoms with Gasteiger partial charge in [0.1, 0.15) is 13.2 Å². The Morgan fingerprint density at radius 3 is 2.85 bits per heavy atom. The molecule has 0 bridgehead atoms. The lowest BCUT2D eigenvalue weighted by molar-refractivity contribution is -0.138. The molecule has 4 aliphatic rings. The Morgan fingerprint density at radius 2 is 2.12 bits per heavy atom. The fraction of sp³-hybridized carbons (Fsp3) is 0.613. The minimum Gasteiger partial charge on any atom is -0.480 e. The fourth-order valence-corrected chi connectivity index (χ4v) is 9.27. The van der Waals surface area contributed by atoms with Gasteiger partial charge in [0.05, 0.1) is 5.71 Å². The highest BCUT2D eigenvalue weighted by molar-refractivity contribution is 7.15. The van der Waals surface area contributed by atoms with Crippen LogP contribution in [0.1, 0.15) is 80.2 Å². The number of nitrogens with zero attached hydrogens (tertiary/aromatic N) is 3. The number of aliphatic carboxylic acids is 1. The minimum atomic E-state index is -0.724. The normalized spacial score (nSPS) is 31.1. The van der Waals surface area contributed by atoms with Gasteiger partial charge in [-0.3, -0.25) is 4.79 Å². The number of oxime groups is 1. The van der Waals surface area contributed by atoms with Crippen LogP contribution in [0.15, 0.2) is 29.6 Å². The summed E-state index contributed by atoms with van der Waals surface area (Å²) in [6.07, 6.45) is 9.94. The second kappa shape index (κ2) is 11.9. The molecule has 1 aromatic carbocycles. The smallest absolute Gasteiger partial charge is 0.326 e. The van der Waals surface area contributed by atoms with Crippen molar-refractivity contribution in [3.8, 4) is 0 Å². The number of benzene rings is 1. The summed E-state index contributed by atoms with van der Waals surface area (Å²) >= 11 is 1.51. The van der Waals surface area contributed by atoms with Gasteiger partial charge in [0, 0.05) is 35.1 Å². The number of anilines is 2. The van der Waals surface area contributed by atoms with Gasteiger partial charge in [-0.15, -0.1) is 23.7 Å². The molecule has 6 atom stereocenters. The molecule has 6 rings (SSSR count). The van der Waals surface area contributed by atoms with E-state index in [1.807, 2.05) is 6.92 Å². The maximum absolute atomic E-state index is 12.8. The fourth-order valence-electron chi connectivity index (χ4n) is 8.59. The number of carbonyl (C=O) groups excluding carboxylic acids is 1. The van der Waals surface area contributed by atoms with Crippen LogP contribution in [-0.4, -0.2) is 47.4 Å². The van der Waals surface area contributed by atoms with E-state index >= 15 is 0 Å². The predicted molar refractivity (Wildman–Crippen MR) is 164 cm³/mol. The number of aromatic nitrogens is 1. The first kappa shape index (κ1) is 29.8. The molecule has 3 aliphatic carbocycles. The lowest BCUT2D eigenvalue weighted by Crippen LogP contribution is -2.44. The molecule has 222 valence electrons. The number of rotatable bonds is 7. The van der Waals surface area contributed by atoms with Crippen molar-refractivity contribution in [2.75, 3.05) is 23.9 Å². The summed E-state index contributed by atoms with van der Waals surface area (Å²) in [4.78, 5) is 37.4. The lowest BCUT2D eigenvalue weighted by atomic mass is 9.54. The summed E-state index contributed by atoms with van der Waals surface area (Å²) in [5, 5.41) is 17.9. The largest absolute Gasteiger partial charge is 0.480 e. The molecule has 10 heteroatoms. The highest BCUT2D eigenvalue weighted by Gasteiger charge is 2.57. The maximum Gasteiger partial charge on any atom is 0.326 e. The van der Waals surface area contributed by atoms with Gasteiger partial charge in [0.2, 0.25) is 5.91 Å². The standard InChI is InChI=1S/C31H40N4O4S.ClH/c1-18-17-32-30(40-18)33-27(36)11-7-20-16-26(34-39-3)31(2)13-12-23-22-10-8-21(35-14-4-5-25(35)29(37)38)15-19(22)6-9-24(23)28(20)31;/h8,10,15,17,20,23-25,28H,4-7,9,11-14,16H2,1-3H3,(H,37,38)(H,32,33,36);1H/b34-26+;/t20-,23?,24?,25?,28?,31-;/m1./s1. The third kappa shape index (κ3) is 5.47. The zero-order valence-electron chi connectivity index (χ0n) is 24.1. The molecule has 0 radical (unpaired) electrons. The van der Waals surface area contributed by atoms with E-state index in [9.17, 15) is 14.7 Å². The number of halogens is 1. The average Bonchev–Trinajstić information content (AvgIpc) is 3.65. The van der Waals surface area contributed by atoms with Crippen molar-refractivity contribution >= 4 is 52.2 Å². The van der Waals surface area contributed by atoms with E-state index in [2.05, 4.69) is 45.5 Å². The number of nitrogens with one attached hydrogen (secondary N) is 1. The van der Waals surface area contributed by atoms with Crippen LogP contribution >= 0.6 is 23.7 Å².